The molecular weight excluding hydrogens is 228 g/mol. The Labute approximate surface area is 109 Å². The van der Waals surface area contributed by atoms with Gasteiger partial charge in [0.15, 0.2) is 0 Å². The molecule has 2 rings (SSSR count). The molecule has 1 N–H and O–H groups in total. The van der Waals surface area contributed by atoms with Crippen molar-refractivity contribution in [3.63, 3.8) is 0 Å². The summed E-state index contributed by atoms with van der Waals surface area (Å²) in [6, 6.07) is 3.98. The fourth-order valence-corrected chi connectivity index (χ4v) is 1.73. The monoisotopic (exact) mass is 250 g/mol. The number of nitrogens with zero attached hydrogens (tertiary/aromatic N) is 1. The van der Waals surface area contributed by atoms with Crippen LogP contribution in [0, 0.1) is 0 Å². The lowest BCUT2D eigenvalue weighted by atomic mass is 10.1. The summed E-state index contributed by atoms with van der Waals surface area (Å²) in [5.74, 6) is 0.685. The van der Waals surface area contributed by atoms with Crippen molar-refractivity contribution in [1.82, 2.24) is 10.3 Å². The molecule has 4 heteroatoms. The molecule has 2 heterocycles. The van der Waals surface area contributed by atoms with Crippen molar-refractivity contribution >= 4 is 0 Å². The number of pyridine rings is 1. The van der Waals surface area contributed by atoms with E-state index in [9.17, 15) is 0 Å². The standard InChI is InChI=1S/C14H22N2O2/c1-14(2,3)16-9-11-4-5-13(15-8-11)18-12-6-7-17-10-12/h4-5,8,12,16H,6-7,9-10H2,1-3H3. The van der Waals surface area contributed by atoms with Crippen molar-refractivity contribution in [2.24, 2.45) is 0 Å². The lowest BCUT2D eigenvalue weighted by Crippen LogP contribution is -2.35. The minimum Gasteiger partial charge on any atom is -0.472 e. The van der Waals surface area contributed by atoms with Crippen LogP contribution in [0.5, 0.6) is 5.88 Å². The van der Waals surface area contributed by atoms with Crippen LogP contribution in [-0.4, -0.2) is 29.8 Å². The molecule has 1 fully saturated rings. The van der Waals surface area contributed by atoms with Crippen molar-refractivity contribution in [2.75, 3.05) is 13.2 Å². The predicted molar refractivity (Wildman–Crippen MR) is 70.7 cm³/mol. The average molecular weight is 250 g/mol. The highest BCUT2D eigenvalue weighted by Crippen LogP contribution is 2.15. The first-order valence-corrected chi connectivity index (χ1v) is 6.47. The van der Waals surface area contributed by atoms with E-state index in [1.165, 1.54) is 5.56 Å². The third-order valence-corrected chi connectivity index (χ3v) is 2.80. The summed E-state index contributed by atoms with van der Waals surface area (Å²) in [6.07, 6.45) is 2.98. The molecule has 1 aromatic rings. The van der Waals surface area contributed by atoms with E-state index in [1.807, 2.05) is 12.3 Å². The zero-order valence-electron chi connectivity index (χ0n) is 11.4. The van der Waals surface area contributed by atoms with E-state index in [0.29, 0.717) is 12.5 Å². The molecule has 0 aliphatic carbocycles. The van der Waals surface area contributed by atoms with Crippen LogP contribution < -0.4 is 10.1 Å². The number of rotatable bonds is 4. The lowest BCUT2D eigenvalue weighted by molar-refractivity contribution is 0.138. The van der Waals surface area contributed by atoms with Gasteiger partial charge in [0.05, 0.1) is 13.2 Å². The Morgan fingerprint density at radius 3 is 2.83 bits per heavy atom. The Morgan fingerprint density at radius 2 is 2.28 bits per heavy atom. The summed E-state index contributed by atoms with van der Waals surface area (Å²) in [7, 11) is 0. The molecule has 1 aromatic heterocycles. The van der Waals surface area contributed by atoms with Crippen LogP contribution in [0.15, 0.2) is 18.3 Å². The topological polar surface area (TPSA) is 43.4 Å². The molecule has 1 aliphatic rings. The van der Waals surface area contributed by atoms with Crippen LogP contribution in [0.25, 0.3) is 0 Å². The van der Waals surface area contributed by atoms with Crippen LogP contribution >= 0.6 is 0 Å². The zero-order chi connectivity index (χ0) is 13.0. The van der Waals surface area contributed by atoms with Gasteiger partial charge in [-0.05, 0) is 26.3 Å². The molecule has 1 atom stereocenters. The molecule has 0 aromatic carbocycles. The van der Waals surface area contributed by atoms with E-state index in [2.05, 4.69) is 37.1 Å². The van der Waals surface area contributed by atoms with Gasteiger partial charge in [0.25, 0.3) is 0 Å². The molecule has 0 spiro atoms. The fraction of sp³-hybridized carbons (Fsp3) is 0.643. The molecule has 0 bridgehead atoms. The molecule has 1 aliphatic heterocycles. The maximum Gasteiger partial charge on any atom is 0.213 e. The van der Waals surface area contributed by atoms with E-state index < -0.39 is 0 Å². The summed E-state index contributed by atoms with van der Waals surface area (Å²) in [5, 5.41) is 3.43. The predicted octanol–water partition coefficient (Wildman–Crippen LogP) is 2.14. The van der Waals surface area contributed by atoms with Gasteiger partial charge >= 0.3 is 0 Å². The molecule has 100 valence electrons. The zero-order valence-corrected chi connectivity index (χ0v) is 11.4. The maximum absolute atomic E-state index is 5.72. The Bertz CT molecular complexity index is 364. The Kier molecular flexibility index (Phi) is 4.19. The Balaban J connectivity index is 1.85. The number of ether oxygens (including phenoxy) is 2. The van der Waals surface area contributed by atoms with E-state index in [-0.39, 0.29) is 11.6 Å². The summed E-state index contributed by atoms with van der Waals surface area (Å²) in [4.78, 5) is 4.33. The normalized spacial score (nSPS) is 20.1. The summed E-state index contributed by atoms with van der Waals surface area (Å²) >= 11 is 0. The highest BCUT2D eigenvalue weighted by molar-refractivity contribution is 5.18. The van der Waals surface area contributed by atoms with Crippen molar-refractivity contribution in [2.45, 2.75) is 45.4 Å². The van der Waals surface area contributed by atoms with Gasteiger partial charge in [-0.25, -0.2) is 4.98 Å². The van der Waals surface area contributed by atoms with Gasteiger partial charge in [-0.2, -0.15) is 0 Å². The van der Waals surface area contributed by atoms with Gasteiger partial charge in [-0.1, -0.05) is 6.07 Å². The SMILES string of the molecule is CC(C)(C)NCc1ccc(OC2CCOC2)nc1. The van der Waals surface area contributed by atoms with Crippen molar-refractivity contribution in [3.8, 4) is 5.88 Å². The second kappa shape index (κ2) is 5.67. The van der Waals surface area contributed by atoms with Crippen LogP contribution in [0.2, 0.25) is 0 Å². The molecule has 0 radical (unpaired) electrons. The number of hydrogen-bond donors (Lipinski definition) is 1. The minimum atomic E-state index is 0.121. The summed E-state index contributed by atoms with van der Waals surface area (Å²) < 4.78 is 11.0. The second-order valence-corrected chi connectivity index (χ2v) is 5.71. The second-order valence-electron chi connectivity index (χ2n) is 5.71. The summed E-state index contributed by atoms with van der Waals surface area (Å²) in [5.41, 5.74) is 1.29. The maximum atomic E-state index is 5.72. The minimum absolute atomic E-state index is 0.121. The van der Waals surface area contributed by atoms with Gasteiger partial charge in [-0.3, -0.25) is 0 Å². The van der Waals surface area contributed by atoms with Crippen molar-refractivity contribution < 1.29 is 9.47 Å². The third kappa shape index (κ3) is 4.27. The van der Waals surface area contributed by atoms with Crippen molar-refractivity contribution in [3.05, 3.63) is 23.9 Å². The van der Waals surface area contributed by atoms with E-state index >= 15 is 0 Å². The first-order chi connectivity index (χ1) is 8.53. The molecule has 18 heavy (non-hydrogen) atoms. The molecule has 4 nitrogen and oxygen atoms in total. The molecule has 1 saturated heterocycles. The molecule has 0 amide bonds. The van der Waals surface area contributed by atoms with Crippen LogP contribution in [-0.2, 0) is 11.3 Å². The summed E-state index contributed by atoms with van der Waals surface area (Å²) in [6.45, 7) is 8.74. The number of hydrogen-bond acceptors (Lipinski definition) is 4. The van der Waals surface area contributed by atoms with Gasteiger partial charge in [0, 0.05) is 30.8 Å². The van der Waals surface area contributed by atoms with E-state index in [1.54, 1.807) is 0 Å². The van der Waals surface area contributed by atoms with Gasteiger partial charge < -0.3 is 14.8 Å². The lowest BCUT2D eigenvalue weighted by Gasteiger charge is -2.20. The highest BCUT2D eigenvalue weighted by atomic mass is 16.5. The third-order valence-electron chi connectivity index (χ3n) is 2.80. The van der Waals surface area contributed by atoms with Crippen LogP contribution in [0.3, 0.4) is 0 Å². The Hall–Kier alpha value is -1.13. The first-order valence-electron chi connectivity index (χ1n) is 6.47. The van der Waals surface area contributed by atoms with Crippen LogP contribution in [0.4, 0.5) is 0 Å². The van der Waals surface area contributed by atoms with Gasteiger partial charge in [0.2, 0.25) is 5.88 Å². The quantitative estimate of drug-likeness (QED) is 0.889. The molecular formula is C14H22N2O2. The van der Waals surface area contributed by atoms with Crippen LogP contribution in [0.1, 0.15) is 32.8 Å². The first kappa shape index (κ1) is 13.3. The number of aromatic nitrogens is 1. The smallest absolute Gasteiger partial charge is 0.213 e. The molecule has 0 saturated carbocycles. The van der Waals surface area contributed by atoms with Crippen molar-refractivity contribution in [1.29, 1.82) is 0 Å². The average Bonchev–Trinajstić information content (AvgIpc) is 2.80. The fourth-order valence-electron chi connectivity index (χ4n) is 1.73. The highest BCUT2D eigenvalue weighted by Gasteiger charge is 2.17. The van der Waals surface area contributed by atoms with Gasteiger partial charge in [0.1, 0.15) is 6.10 Å². The molecule has 1 unspecified atom stereocenters. The largest absolute Gasteiger partial charge is 0.472 e. The Morgan fingerprint density at radius 1 is 1.44 bits per heavy atom. The van der Waals surface area contributed by atoms with E-state index in [0.717, 1.165) is 19.6 Å². The van der Waals surface area contributed by atoms with E-state index in [4.69, 9.17) is 9.47 Å². The number of nitrogens with one attached hydrogen (secondary N) is 1. The van der Waals surface area contributed by atoms with Gasteiger partial charge in [-0.15, -0.1) is 0 Å².